The van der Waals surface area contributed by atoms with Crippen LogP contribution in [0.1, 0.15) is 38.5 Å². The van der Waals surface area contributed by atoms with Gasteiger partial charge in [-0.25, -0.2) is 4.79 Å². The van der Waals surface area contributed by atoms with Crippen molar-refractivity contribution in [3.63, 3.8) is 0 Å². The summed E-state index contributed by atoms with van der Waals surface area (Å²) >= 11 is 0. The summed E-state index contributed by atoms with van der Waals surface area (Å²) in [7, 11) is 1.58. The van der Waals surface area contributed by atoms with Crippen LogP contribution in [-0.2, 0) is 19.1 Å². The van der Waals surface area contributed by atoms with Crippen LogP contribution in [0.25, 0.3) is 0 Å². The average molecular weight is 338 g/mol. The molecule has 1 saturated carbocycles. The van der Waals surface area contributed by atoms with Crippen molar-refractivity contribution in [2.45, 2.75) is 50.6 Å². The van der Waals surface area contributed by atoms with E-state index in [1.54, 1.807) is 16.9 Å². The molecule has 4 atom stereocenters. The van der Waals surface area contributed by atoms with Crippen LogP contribution in [0.3, 0.4) is 0 Å². The first-order valence-corrected chi connectivity index (χ1v) is 8.84. The summed E-state index contributed by atoms with van der Waals surface area (Å²) in [4.78, 5) is 40.0. The summed E-state index contributed by atoms with van der Waals surface area (Å²) in [5.74, 6) is -1.23. The summed E-state index contributed by atoms with van der Waals surface area (Å²) in [5.41, 5.74) is 0. The minimum atomic E-state index is -0.918. The van der Waals surface area contributed by atoms with Gasteiger partial charge < -0.3 is 19.6 Å². The Bertz CT molecular complexity index is 523. The fourth-order valence-electron chi connectivity index (χ4n) is 4.56. The van der Waals surface area contributed by atoms with Gasteiger partial charge >= 0.3 is 5.97 Å². The van der Waals surface area contributed by atoms with E-state index < -0.39 is 17.9 Å². The Kier molecular flexibility index (Phi) is 5.08. The maximum atomic E-state index is 13.0. The number of amides is 2. The molecule has 0 bridgehead atoms. The SMILES string of the molecule is COCCN1C[C@H](C(=O)N2[C@H](C(=O)O)C[C@@H]3CCCC[C@@H]32)CC1=O. The van der Waals surface area contributed by atoms with E-state index in [2.05, 4.69) is 0 Å². The Hall–Kier alpha value is -1.63. The highest BCUT2D eigenvalue weighted by atomic mass is 16.5. The first-order valence-electron chi connectivity index (χ1n) is 8.84. The molecule has 3 fully saturated rings. The van der Waals surface area contributed by atoms with Crippen molar-refractivity contribution in [3.05, 3.63) is 0 Å². The Balaban J connectivity index is 1.72. The Morgan fingerprint density at radius 3 is 2.75 bits per heavy atom. The van der Waals surface area contributed by atoms with Gasteiger partial charge in [0.25, 0.3) is 0 Å². The average Bonchev–Trinajstić information content (AvgIpc) is 3.13. The van der Waals surface area contributed by atoms with Crippen LogP contribution in [0, 0.1) is 11.8 Å². The topological polar surface area (TPSA) is 87.2 Å². The van der Waals surface area contributed by atoms with E-state index >= 15 is 0 Å². The molecule has 1 N–H and O–H groups in total. The largest absolute Gasteiger partial charge is 0.480 e. The van der Waals surface area contributed by atoms with Gasteiger partial charge in [-0.3, -0.25) is 9.59 Å². The van der Waals surface area contributed by atoms with E-state index in [4.69, 9.17) is 4.74 Å². The zero-order valence-electron chi connectivity index (χ0n) is 14.1. The fourth-order valence-corrected chi connectivity index (χ4v) is 4.56. The van der Waals surface area contributed by atoms with Crippen LogP contribution in [0.2, 0.25) is 0 Å². The van der Waals surface area contributed by atoms with Gasteiger partial charge in [-0.1, -0.05) is 12.8 Å². The third-order valence-electron chi connectivity index (χ3n) is 5.76. The van der Waals surface area contributed by atoms with Crippen LogP contribution >= 0.6 is 0 Å². The number of hydrogen-bond acceptors (Lipinski definition) is 4. The molecule has 7 nitrogen and oxygen atoms in total. The monoisotopic (exact) mass is 338 g/mol. The molecule has 0 unspecified atom stereocenters. The third kappa shape index (κ3) is 3.14. The minimum absolute atomic E-state index is 0.0375. The van der Waals surface area contributed by atoms with Crippen LogP contribution in [0.5, 0.6) is 0 Å². The van der Waals surface area contributed by atoms with E-state index in [1.807, 2.05) is 0 Å². The summed E-state index contributed by atoms with van der Waals surface area (Å²) in [6.45, 7) is 1.30. The maximum absolute atomic E-state index is 13.0. The molecule has 3 rings (SSSR count). The van der Waals surface area contributed by atoms with Gasteiger partial charge in [0, 0.05) is 32.7 Å². The predicted molar refractivity (Wildman–Crippen MR) is 85.2 cm³/mol. The quantitative estimate of drug-likeness (QED) is 0.798. The molecule has 0 aromatic rings. The van der Waals surface area contributed by atoms with Crippen molar-refractivity contribution >= 4 is 17.8 Å². The van der Waals surface area contributed by atoms with Crippen LogP contribution in [-0.4, -0.2) is 71.6 Å². The number of hydrogen-bond donors (Lipinski definition) is 1. The molecule has 24 heavy (non-hydrogen) atoms. The first-order chi connectivity index (χ1) is 11.5. The Morgan fingerprint density at radius 1 is 1.29 bits per heavy atom. The zero-order chi connectivity index (χ0) is 17.3. The van der Waals surface area contributed by atoms with E-state index in [9.17, 15) is 19.5 Å². The number of likely N-dealkylation sites (tertiary alicyclic amines) is 2. The van der Waals surface area contributed by atoms with Crippen molar-refractivity contribution < 1.29 is 24.2 Å². The van der Waals surface area contributed by atoms with Crippen LogP contribution < -0.4 is 0 Å². The van der Waals surface area contributed by atoms with Gasteiger partial charge in [0.2, 0.25) is 11.8 Å². The van der Waals surface area contributed by atoms with Crippen LogP contribution in [0.15, 0.2) is 0 Å². The van der Waals surface area contributed by atoms with Crippen molar-refractivity contribution in [2.24, 2.45) is 11.8 Å². The second kappa shape index (κ2) is 7.09. The van der Waals surface area contributed by atoms with E-state index in [0.29, 0.717) is 32.0 Å². The molecule has 2 aliphatic heterocycles. The number of nitrogens with zero attached hydrogens (tertiary/aromatic N) is 2. The lowest BCUT2D eigenvalue weighted by Gasteiger charge is -2.34. The summed E-state index contributed by atoms with van der Waals surface area (Å²) in [6.07, 6.45) is 4.78. The number of carboxylic acid groups (broad SMARTS) is 1. The molecule has 1 aliphatic carbocycles. The smallest absolute Gasteiger partial charge is 0.326 e. The van der Waals surface area contributed by atoms with E-state index in [1.165, 1.54) is 0 Å². The molecule has 0 aromatic heterocycles. The van der Waals surface area contributed by atoms with Crippen molar-refractivity contribution in [3.8, 4) is 0 Å². The second-order valence-corrected chi connectivity index (χ2v) is 7.18. The second-order valence-electron chi connectivity index (χ2n) is 7.18. The van der Waals surface area contributed by atoms with Gasteiger partial charge in [0.15, 0.2) is 0 Å². The molecule has 2 saturated heterocycles. The lowest BCUT2D eigenvalue weighted by atomic mass is 9.84. The highest BCUT2D eigenvalue weighted by Crippen LogP contribution is 2.41. The normalized spacial score (nSPS) is 33.0. The van der Waals surface area contributed by atoms with E-state index in [0.717, 1.165) is 25.7 Å². The Labute approximate surface area is 141 Å². The number of carbonyl (C=O) groups is 3. The predicted octanol–water partition coefficient (Wildman–Crippen LogP) is 0.726. The highest BCUT2D eigenvalue weighted by molar-refractivity contribution is 5.92. The molecule has 3 aliphatic rings. The minimum Gasteiger partial charge on any atom is -0.480 e. The first kappa shape index (κ1) is 17.2. The van der Waals surface area contributed by atoms with Gasteiger partial charge in [-0.05, 0) is 25.2 Å². The number of methoxy groups -OCH3 is 1. The van der Waals surface area contributed by atoms with Crippen molar-refractivity contribution in [2.75, 3.05) is 26.8 Å². The maximum Gasteiger partial charge on any atom is 0.326 e. The summed E-state index contributed by atoms with van der Waals surface area (Å²) < 4.78 is 5.00. The number of carboxylic acids is 1. The molecule has 2 heterocycles. The summed E-state index contributed by atoms with van der Waals surface area (Å²) in [6, 6.07) is -0.691. The molecule has 0 radical (unpaired) electrons. The number of ether oxygens (including phenoxy) is 1. The van der Waals surface area contributed by atoms with Crippen LogP contribution in [0.4, 0.5) is 0 Å². The van der Waals surface area contributed by atoms with Gasteiger partial charge in [-0.15, -0.1) is 0 Å². The molecule has 7 heteroatoms. The molecule has 2 amide bonds. The molecule has 134 valence electrons. The lowest BCUT2D eigenvalue weighted by Crippen LogP contribution is -2.49. The van der Waals surface area contributed by atoms with Gasteiger partial charge in [0.1, 0.15) is 6.04 Å². The summed E-state index contributed by atoms with van der Waals surface area (Å²) in [5, 5.41) is 9.55. The van der Waals surface area contributed by atoms with Crippen molar-refractivity contribution in [1.29, 1.82) is 0 Å². The highest BCUT2D eigenvalue weighted by Gasteiger charge is 2.50. The molecule has 0 spiro atoms. The number of carbonyl (C=O) groups excluding carboxylic acids is 2. The molecular formula is C17H26N2O5. The standard InChI is InChI=1S/C17H26N2O5/c1-24-7-6-18-10-12(9-15(18)20)16(21)19-13-5-3-2-4-11(13)8-14(19)17(22)23/h11-14H,2-10H2,1H3,(H,22,23)/t11-,12+,13-,14-/m0/s1. The van der Waals surface area contributed by atoms with Crippen molar-refractivity contribution in [1.82, 2.24) is 9.80 Å². The molecular weight excluding hydrogens is 312 g/mol. The molecule has 0 aromatic carbocycles. The number of aliphatic carboxylic acids is 1. The van der Waals surface area contributed by atoms with Gasteiger partial charge in [-0.2, -0.15) is 0 Å². The fraction of sp³-hybridized carbons (Fsp3) is 0.824. The number of fused-ring (bicyclic) bond motifs is 1. The number of rotatable bonds is 5. The Morgan fingerprint density at radius 2 is 2.04 bits per heavy atom. The zero-order valence-corrected chi connectivity index (χ0v) is 14.1. The van der Waals surface area contributed by atoms with E-state index in [-0.39, 0.29) is 24.3 Å². The lowest BCUT2D eigenvalue weighted by molar-refractivity contribution is -0.151. The third-order valence-corrected chi connectivity index (χ3v) is 5.76. The van der Waals surface area contributed by atoms with Gasteiger partial charge in [0.05, 0.1) is 12.5 Å².